The van der Waals surface area contributed by atoms with Crippen LogP contribution in [0.2, 0.25) is 0 Å². The summed E-state index contributed by atoms with van der Waals surface area (Å²) in [5.74, 6) is 0.693. The summed E-state index contributed by atoms with van der Waals surface area (Å²) < 4.78 is 0. The molecule has 0 aliphatic rings. The van der Waals surface area contributed by atoms with E-state index in [9.17, 15) is 0 Å². The summed E-state index contributed by atoms with van der Waals surface area (Å²) >= 11 is 0. The van der Waals surface area contributed by atoms with Gasteiger partial charge in [0.05, 0.1) is 22.6 Å². The second-order valence-corrected chi connectivity index (χ2v) is 17.1. The molecule has 0 saturated carbocycles. The van der Waals surface area contributed by atoms with Crippen LogP contribution in [0.15, 0.2) is 237 Å². The van der Waals surface area contributed by atoms with E-state index in [1.54, 1.807) is 0 Å². The highest BCUT2D eigenvalue weighted by Gasteiger charge is 2.18. The highest BCUT2D eigenvalue weighted by atomic mass is 14.9. The Bertz CT molecular complexity index is 3930. The maximum atomic E-state index is 5.36. The third-order valence-electron chi connectivity index (χ3n) is 13.3. The number of aromatic nitrogens is 3. The number of nitrogens with zero attached hydrogens (tertiary/aromatic N) is 3. The largest absolute Gasteiger partial charge is 0.247 e. The minimum absolute atomic E-state index is 0.693. The molecular formula is C63H39N3. The molecule has 11 aromatic carbocycles. The summed E-state index contributed by atoms with van der Waals surface area (Å²) in [6.45, 7) is 0. The molecule has 3 nitrogen and oxygen atoms in total. The van der Waals surface area contributed by atoms with E-state index >= 15 is 0 Å². The summed E-state index contributed by atoms with van der Waals surface area (Å²) in [7, 11) is 0. The summed E-state index contributed by atoms with van der Waals surface area (Å²) in [6, 6.07) is 84.7. The van der Waals surface area contributed by atoms with Crippen molar-refractivity contribution in [2.45, 2.75) is 0 Å². The van der Waals surface area contributed by atoms with Crippen molar-refractivity contribution in [1.29, 1.82) is 0 Å². The average Bonchev–Trinajstić information content (AvgIpc) is 3.39. The monoisotopic (exact) mass is 837 g/mol. The molecule has 13 aromatic rings. The number of rotatable bonds is 6. The number of hydrogen-bond acceptors (Lipinski definition) is 3. The van der Waals surface area contributed by atoms with Gasteiger partial charge >= 0.3 is 0 Å². The van der Waals surface area contributed by atoms with Crippen molar-refractivity contribution >= 4 is 64.8 Å². The van der Waals surface area contributed by atoms with E-state index in [1.165, 1.54) is 54.0 Å². The molecule has 2 heterocycles. The summed E-state index contributed by atoms with van der Waals surface area (Å²) in [5.41, 5.74) is 12.6. The first kappa shape index (κ1) is 37.7. The zero-order chi connectivity index (χ0) is 43.6. The normalized spacial score (nSPS) is 11.6. The van der Waals surface area contributed by atoms with E-state index in [2.05, 4.69) is 237 Å². The first-order valence-corrected chi connectivity index (χ1v) is 22.5. The molecule has 0 atom stereocenters. The molecule has 0 aliphatic heterocycles. The molecule has 66 heavy (non-hydrogen) atoms. The lowest BCUT2D eigenvalue weighted by atomic mass is 9.89. The molecule has 0 spiro atoms. The molecule has 0 amide bonds. The Kier molecular flexibility index (Phi) is 8.85. The SMILES string of the molecule is c1ccc2cc(-c3nc4ccccc4c4c3cc(-c3ccc(-c5ccc(-c6nc(-c7cccc8ccccc78)cc(-c7cccc8ccccc78)n6)cc5)cc3)c3ccccc34)ccc2c1. The summed E-state index contributed by atoms with van der Waals surface area (Å²) in [6.07, 6.45) is 0. The lowest BCUT2D eigenvalue weighted by molar-refractivity contribution is 1.19. The van der Waals surface area contributed by atoms with E-state index in [1.807, 2.05) is 0 Å². The molecule has 13 rings (SSSR count). The van der Waals surface area contributed by atoms with Crippen LogP contribution in [-0.4, -0.2) is 15.0 Å². The van der Waals surface area contributed by atoms with Gasteiger partial charge < -0.3 is 0 Å². The van der Waals surface area contributed by atoms with Crippen LogP contribution in [0.5, 0.6) is 0 Å². The smallest absolute Gasteiger partial charge is 0.160 e. The zero-order valence-corrected chi connectivity index (χ0v) is 35.9. The Balaban J connectivity index is 0.903. The Morgan fingerprint density at radius 3 is 1.38 bits per heavy atom. The van der Waals surface area contributed by atoms with Crippen molar-refractivity contribution < 1.29 is 0 Å². The third-order valence-corrected chi connectivity index (χ3v) is 13.3. The molecule has 3 heteroatoms. The van der Waals surface area contributed by atoms with Crippen molar-refractivity contribution in [3.05, 3.63) is 237 Å². The molecule has 0 fully saturated rings. The van der Waals surface area contributed by atoms with Crippen molar-refractivity contribution in [3.8, 4) is 67.4 Å². The van der Waals surface area contributed by atoms with Crippen molar-refractivity contribution in [3.63, 3.8) is 0 Å². The fourth-order valence-electron chi connectivity index (χ4n) is 10.0. The number of para-hydroxylation sites is 1. The van der Waals surface area contributed by atoms with Gasteiger partial charge in [-0.05, 0) is 89.6 Å². The fraction of sp³-hybridized carbons (Fsp3) is 0. The molecule has 0 unspecified atom stereocenters. The molecule has 306 valence electrons. The molecule has 0 N–H and O–H groups in total. The van der Waals surface area contributed by atoms with E-state index < -0.39 is 0 Å². The molecule has 0 saturated heterocycles. The minimum atomic E-state index is 0.693. The topological polar surface area (TPSA) is 38.7 Å². The lowest BCUT2D eigenvalue weighted by Gasteiger charge is -2.16. The maximum absolute atomic E-state index is 5.36. The number of pyridine rings is 1. The van der Waals surface area contributed by atoms with Gasteiger partial charge in [0.25, 0.3) is 0 Å². The van der Waals surface area contributed by atoms with Gasteiger partial charge in [0.1, 0.15) is 0 Å². The van der Waals surface area contributed by atoms with Gasteiger partial charge in [0.15, 0.2) is 5.82 Å². The van der Waals surface area contributed by atoms with Gasteiger partial charge in [-0.2, -0.15) is 0 Å². The molecule has 0 radical (unpaired) electrons. The predicted molar refractivity (Wildman–Crippen MR) is 277 cm³/mol. The maximum Gasteiger partial charge on any atom is 0.160 e. The van der Waals surface area contributed by atoms with Crippen LogP contribution < -0.4 is 0 Å². The van der Waals surface area contributed by atoms with Crippen LogP contribution in [-0.2, 0) is 0 Å². The second-order valence-electron chi connectivity index (χ2n) is 17.1. The highest BCUT2D eigenvalue weighted by molar-refractivity contribution is 6.25. The van der Waals surface area contributed by atoms with Gasteiger partial charge in [-0.25, -0.2) is 15.0 Å². The summed E-state index contributed by atoms with van der Waals surface area (Å²) in [4.78, 5) is 15.9. The fourth-order valence-corrected chi connectivity index (χ4v) is 10.0. The Morgan fingerprint density at radius 2 is 0.727 bits per heavy atom. The Hall–Kier alpha value is -8.79. The van der Waals surface area contributed by atoms with Crippen LogP contribution in [0.1, 0.15) is 0 Å². The zero-order valence-electron chi connectivity index (χ0n) is 35.9. The van der Waals surface area contributed by atoms with E-state index in [0.29, 0.717) is 5.82 Å². The van der Waals surface area contributed by atoms with Crippen LogP contribution in [0, 0.1) is 0 Å². The molecular weight excluding hydrogens is 799 g/mol. The van der Waals surface area contributed by atoms with Crippen molar-refractivity contribution in [1.82, 2.24) is 15.0 Å². The first-order valence-electron chi connectivity index (χ1n) is 22.5. The van der Waals surface area contributed by atoms with E-state index in [4.69, 9.17) is 15.0 Å². The third kappa shape index (κ3) is 6.40. The van der Waals surface area contributed by atoms with Gasteiger partial charge in [-0.1, -0.05) is 212 Å². The van der Waals surface area contributed by atoms with Crippen molar-refractivity contribution in [2.24, 2.45) is 0 Å². The quantitative estimate of drug-likeness (QED) is 0.157. The van der Waals surface area contributed by atoms with E-state index in [-0.39, 0.29) is 0 Å². The summed E-state index contributed by atoms with van der Waals surface area (Å²) in [5, 5.41) is 13.1. The number of fused-ring (bicyclic) bond motifs is 8. The number of hydrogen-bond donors (Lipinski definition) is 0. The van der Waals surface area contributed by atoms with Crippen LogP contribution in [0.3, 0.4) is 0 Å². The Morgan fingerprint density at radius 1 is 0.242 bits per heavy atom. The van der Waals surface area contributed by atoms with Crippen LogP contribution >= 0.6 is 0 Å². The van der Waals surface area contributed by atoms with Gasteiger partial charge in [0, 0.05) is 38.4 Å². The predicted octanol–water partition coefficient (Wildman–Crippen LogP) is 16.8. The van der Waals surface area contributed by atoms with E-state index in [0.717, 1.165) is 72.3 Å². The highest BCUT2D eigenvalue weighted by Crippen LogP contribution is 2.43. The van der Waals surface area contributed by atoms with Gasteiger partial charge in [-0.3, -0.25) is 0 Å². The van der Waals surface area contributed by atoms with Gasteiger partial charge in [-0.15, -0.1) is 0 Å². The minimum Gasteiger partial charge on any atom is -0.247 e. The standard InChI is InChI=1S/C63H39N3/c1-2-16-47-37-48(36-31-40(47)13-1)62-57-38-56(51-21-7-8-22-54(51)61(57)55-23-9-10-26-58(55)64-62)45-32-27-41(28-33-45)42-29-34-46(35-30-42)63-65-59(52-24-11-17-43-14-3-5-19-49(43)52)39-60(66-63)53-25-12-18-44-15-4-6-20-50(44)53/h1-39H. The van der Waals surface area contributed by atoms with Crippen molar-refractivity contribution in [2.75, 3.05) is 0 Å². The second kappa shape index (κ2) is 15.5. The lowest BCUT2D eigenvalue weighted by Crippen LogP contribution is -1.97. The average molecular weight is 838 g/mol. The Labute approximate surface area is 382 Å². The molecule has 2 aromatic heterocycles. The molecule has 0 aliphatic carbocycles. The van der Waals surface area contributed by atoms with Gasteiger partial charge in [0.2, 0.25) is 0 Å². The molecule has 0 bridgehead atoms. The first-order chi connectivity index (χ1) is 32.7. The number of benzene rings is 11. The van der Waals surface area contributed by atoms with Crippen LogP contribution in [0.4, 0.5) is 0 Å². The van der Waals surface area contributed by atoms with Crippen LogP contribution in [0.25, 0.3) is 132 Å².